The molecule has 0 aliphatic rings. The molecular formula is C16H16FN3. The Labute approximate surface area is 116 Å². The second-order valence-electron chi connectivity index (χ2n) is 5.07. The van der Waals surface area contributed by atoms with Crippen LogP contribution in [0.3, 0.4) is 0 Å². The minimum atomic E-state index is -0.252. The van der Waals surface area contributed by atoms with E-state index >= 15 is 0 Å². The van der Waals surface area contributed by atoms with E-state index in [9.17, 15) is 4.39 Å². The molecule has 4 heteroatoms. The summed E-state index contributed by atoms with van der Waals surface area (Å²) >= 11 is 0. The molecule has 3 rings (SSSR count). The molecule has 1 heterocycles. The van der Waals surface area contributed by atoms with Gasteiger partial charge in [0.25, 0.3) is 0 Å². The van der Waals surface area contributed by atoms with E-state index < -0.39 is 0 Å². The molecule has 1 aromatic heterocycles. The number of halogens is 1. The van der Waals surface area contributed by atoms with Crippen LogP contribution < -0.4 is 5.73 Å². The van der Waals surface area contributed by atoms with Gasteiger partial charge in [-0.15, -0.1) is 0 Å². The zero-order valence-electron chi connectivity index (χ0n) is 11.5. The lowest BCUT2D eigenvalue weighted by Gasteiger charge is -2.09. The number of hydrogen-bond acceptors (Lipinski definition) is 2. The Morgan fingerprint density at radius 3 is 2.65 bits per heavy atom. The summed E-state index contributed by atoms with van der Waals surface area (Å²) < 4.78 is 15.5. The Kier molecular flexibility index (Phi) is 2.93. The largest absolute Gasteiger partial charge is 0.369 e. The summed E-state index contributed by atoms with van der Waals surface area (Å²) in [6, 6.07) is 11.4. The van der Waals surface area contributed by atoms with E-state index in [2.05, 4.69) is 24.0 Å². The highest BCUT2D eigenvalue weighted by Crippen LogP contribution is 2.23. The fraction of sp³-hybridized carbons (Fsp3) is 0.188. The van der Waals surface area contributed by atoms with E-state index in [0.29, 0.717) is 23.6 Å². The predicted octanol–water partition coefficient (Wildman–Crippen LogP) is 3.42. The average molecular weight is 269 g/mol. The number of nitrogens with zero attached hydrogens (tertiary/aromatic N) is 2. The summed E-state index contributed by atoms with van der Waals surface area (Å²) in [4.78, 5) is 4.24. The molecule has 0 fully saturated rings. The fourth-order valence-corrected chi connectivity index (χ4v) is 2.39. The Morgan fingerprint density at radius 1 is 1.15 bits per heavy atom. The maximum atomic E-state index is 13.6. The van der Waals surface area contributed by atoms with E-state index in [-0.39, 0.29) is 5.82 Å². The number of hydrogen-bond donors (Lipinski definition) is 1. The molecule has 0 amide bonds. The number of fused-ring (bicyclic) bond motifs is 1. The molecule has 3 nitrogen and oxygen atoms in total. The summed E-state index contributed by atoms with van der Waals surface area (Å²) in [5, 5.41) is 0. The van der Waals surface area contributed by atoms with Crippen LogP contribution in [0.1, 0.15) is 16.7 Å². The van der Waals surface area contributed by atoms with Crippen LogP contribution in [0.15, 0.2) is 36.4 Å². The van der Waals surface area contributed by atoms with Crippen molar-refractivity contribution in [1.82, 2.24) is 9.55 Å². The number of anilines is 1. The molecule has 0 spiro atoms. The molecule has 0 unspecified atom stereocenters. The number of aromatic nitrogens is 2. The first-order chi connectivity index (χ1) is 9.56. The van der Waals surface area contributed by atoms with Crippen molar-refractivity contribution in [3.63, 3.8) is 0 Å². The third-order valence-electron chi connectivity index (χ3n) is 3.65. The van der Waals surface area contributed by atoms with Crippen molar-refractivity contribution < 1.29 is 4.39 Å². The second-order valence-corrected chi connectivity index (χ2v) is 5.07. The first-order valence-electron chi connectivity index (χ1n) is 6.52. The number of rotatable bonds is 2. The number of aryl methyl sites for hydroxylation is 2. The van der Waals surface area contributed by atoms with Crippen molar-refractivity contribution in [1.29, 1.82) is 0 Å². The summed E-state index contributed by atoms with van der Waals surface area (Å²) in [6.45, 7) is 4.45. The lowest BCUT2D eigenvalue weighted by molar-refractivity contribution is 0.620. The van der Waals surface area contributed by atoms with Crippen LogP contribution in [0.25, 0.3) is 11.0 Å². The van der Waals surface area contributed by atoms with Gasteiger partial charge < -0.3 is 10.3 Å². The molecule has 0 aliphatic heterocycles. The Morgan fingerprint density at radius 2 is 1.90 bits per heavy atom. The maximum Gasteiger partial charge on any atom is 0.201 e. The van der Waals surface area contributed by atoms with E-state index in [1.165, 1.54) is 17.2 Å². The van der Waals surface area contributed by atoms with Gasteiger partial charge >= 0.3 is 0 Å². The number of nitrogens with two attached hydrogens (primary N) is 1. The molecule has 0 bridgehead atoms. The van der Waals surface area contributed by atoms with Gasteiger partial charge in [0.15, 0.2) is 0 Å². The lowest BCUT2D eigenvalue weighted by atomic mass is 10.1. The molecular weight excluding hydrogens is 253 g/mol. The predicted molar refractivity (Wildman–Crippen MR) is 79.1 cm³/mol. The van der Waals surface area contributed by atoms with Crippen molar-refractivity contribution >= 4 is 17.0 Å². The van der Waals surface area contributed by atoms with E-state index in [0.717, 1.165) is 5.52 Å². The van der Waals surface area contributed by atoms with Gasteiger partial charge in [0.1, 0.15) is 5.82 Å². The highest BCUT2D eigenvalue weighted by atomic mass is 19.1. The topological polar surface area (TPSA) is 43.8 Å². The number of nitrogen functional groups attached to an aromatic ring is 1. The van der Waals surface area contributed by atoms with Crippen molar-refractivity contribution in [3.05, 3.63) is 58.9 Å². The van der Waals surface area contributed by atoms with Gasteiger partial charge in [0.2, 0.25) is 5.95 Å². The molecule has 0 saturated carbocycles. The third kappa shape index (κ3) is 2.03. The molecule has 20 heavy (non-hydrogen) atoms. The smallest absolute Gasteiger partial charge is 0.201 e. The van der Waals surface area contributed by atoms with Crippen LogP contribution in [0.5, 0.6) is 0 Å². The maximum absolute atomic E-state index is 13.6. The first kappa shape index (κ1) is 12.7. The van der Waals surface area contributed by atoms with Gasteiger partial charge in [-0.05, 0) is 36.6 Å². The van der Waals surface area contributed by atoms with Crippen molar-refractivity contribution in [3.8, 4) is 0 Å². The molecule has 2 aromatic carbocycles. The quantitative estimate of drug-likeness (QED) is 0.774. The Bertz CT molecular complexity index is 790. The first-order valence-corrected chi connectivity index (χ1v) is 6.52. The highest BCUT2D eigenvalue weighted by Gasteiger charge is 2.12. The van der Waals surface area contributed by atoms with E-state index in [4.69, 9.17) is 5.73 Å². The number of benzene rings is 2. The normalized spacial score (nSPS) is 11.2. The molecule has 0 aliphatic carbocycles. The lowest BCUT2D eigenvalue weighted by Crippen LogP contribution is -2.05. The Balaban J connectivity index is 2.14. The number of imidazole rings is 1. The van der Waals surface area contributed by atoms with Gasteiger partial charge in [-0.2, -0.15) is 0 Å². The van der Waals surface area contributed by atoms with Gasteiger partial charge in [-0.3, -0.25) is 0 Å². The molecule has 2 N–H and O–H groups in total. The monoisotopic (exact) mass is 269 g/mol. The van der Waals surface area contributed by atoms with Crippen LogP contribution in [-0.4, -0.2) is 9.55 Å². The minimum Gasteiger partial charge on any atom is -0.369 e. The molecule has 0 saturated heterocycles. The van der Waals surface area contributed by atoms with Crippen molar-refractivity contribution in [2.45, 2.75) is 20.4 Å². The van der Waals surface area contributed by atoms with Crippen LogP contribution in [0.2, 0.25) is 0 Å². The third-order valence-corrected chi connectivity index (χ3v) is 3.65. The van der Waals surface area contributed by atoms with Gasteiger partial charge in [0.05, 0.1) is 17.6 Å². The van der Waals surface area contributed by atoms with Gasteiger partial charge in [-0.25, -0.2) is 9.37 Å². The Hall–Kier alpha value is -2.36. The van der Waals surface area contributed by atoms with Crippen LogP contribution in [-0.2, 0) is 6.54 Å². The molecule has 102 valence electrons. The molecule has 0 radical (unpaired) electrons. The van der Waals surface area contributed by atoms with E-state index in [1.54, 1.807) is 13.0 Å². The SMILES string of the molecule is Cc1cc2c(cc1F)nc(N)n2Cc1ccccc1C. The van der Waals surface area contributed by atoms with Crippen LogP contribution >= 0.6 is 0 Å². The molecule has 3 aromatic rings. The zero-order chi connectivity index (χ0) is 14.3. The summed E-state index contributed by atoms with van der Waals surface area (Å²) in [5.74, 6) is 0.159. The zero-order valence-corrected chi connectivity index (χ0v) is 11.5. The molecule has 0 atom stereocenters. The standard InChI is InChI=1S/C16H16FN3/c1-10-5-3-4-6-12(10)9-20-15-7-11(2)13(17)8-14(15)19-16(20)18/h3-8H,9H2,1-2H3,(H2,18,19). The average Bonchev–Trinajstić information content (AvgIpc) is 2.69. The van der Waals surface area contributed by atoms with E-state index in [1.807, 2.05) is 16.7 Å². The van der Waals surface area contributed by atoms with Crippen LogP contribution in [0.4, 0.5) is 10.3 Å². The highest BCUT2D eigenvalue weighted by molar-refractivity contribution is 5.79. The van der Waals surface area contributed by atoms with Gasteiger partial charge in [0, 0.05) is 6.07 Å². The van der Waals surface area contributed by atoms with Gasteiger partial charge in [-0.1, -0.05) is 24.3 Å². The minimum absolute atomic E-state index is 0.252. The summed E-state index contributed by atoms with van der Waals surface area (Å²) in [7, 11) is 0. The summed E-state index contributed by atoms with van der Waals surface area (Å²) in [6.07, 6.45) is 0. The second kappa shape index (κ2) is 4.63. The fourth-order valence-electron chi connectivity index (χ4n) is 2.39. The summed E-state index contributed by atoms with van der Waals surface area (Å²) in [5.41, 5.74) is 10.4. The van der Waals surface area contributed by atoms with Crippen molar-refractivity contribution in [2.75, 3.05) is 5.73 Å². The van der Waals surface area contributed by atoms with Crippen LogP contribution in [0, 0.1) is 19.7 Å². The van der Waals surface area contributed by atoms with Crippen molar-refractivity contribution in [2.24, 2.45) is 0 Å².